The molecule has 0 spiro atoms. The minimum atomic E-state index is -0.906. The van der Waals surface area contributed by atoms with Crippen LogP contribution in [0.4, 0.5) is 0 Å². The average Bonchev–Trinajstić information content (AvgIpc) is 2.81. The number of carbonyl (C=O) groups is 1. The maximum atomic E-state index is 10.4. The third-order valence-electron chi connectivity index (χ3n) is 2.87. The molecule has 0 radical (unpaired) electrons. The molecule has 0 unspecified atom stereocenters. The molecule has 17 heavy (non-hydrogen) atoms. The molecule has 0 bridgehead atoms. The van der Waals surface area contributed by atoms with Gasteiger partial charge >= 0.3 is 5.97 Å². The van der Waals surface area contributed by atoms with Gasteiger partial charge in [-0.15, -0.1) is 0 Å². The Hall–Kier alpha value is -1.40. The third-order valence-corrected chi connectivity index (χ3v) is 2.87. The molecule has 0 aromatic carbocycles. The van der Waals surface area contributed by atoms with Crippen molar-refractivity contribution in [3.63, 3.8) is 0 Å². The number of hydrogen-bond acceptors (Lipinski definition) is 5. The van der Waals surface area contributed by atoms with Crippen molar-refractivity contribution in [3.05, 3.63) is 18.0 Å². The Morgan fingerprint density at radius 3 is 2.94 bits per heavy atom. The minimum absolute atomic E-state index is 0.0739. The zero-order valence-electron chi connectivity index (χ0n) is 9.54. The Morgan fingerprint density at radius 1 is 1.59 bits per heavy atom. The van der Waals surface area contributed by atoms with Crippen LogP contribution in [0.15, 0.2) is 17.0 Å². The lowest BCUT2D eigenvalue weighted by Gasteiger charge is -2.31. The van der Waals surface area contributed by atoms with Crippen LogP contribution in [0.1, 0.15) is 18.4 Å². The van der Waals surface area contributed by atoms with Crippen molar-refractivity contribution in [2.45, 2.75) is 25.5 Å². The molecular weight excluding hydrogens is 224 g/mol. The van der Waals surface area contributed by atoms with E-state index in [0.29, 0.717) is 0 Å². The molecule has 1 fully saturated rings. The number of nitrogens with zero attached hydrogens (tertiary/aromatic N) is 2. The summed E-state index contributed by atoms with van der Waals surface area (Å²) in [5.74, 6) is -0.906. The van der Waals surface area contributed by atoms with Gasteiger partial charge in [-0.2, -0.15) is 0 Å². The molecule has 0 atom stereocenters. The second kappa shape index (κ2) is 5.79. The first-order chi connectivity index (χ1) is 8.24. The minimum Gasteiger partial charge on any atom is -0.480 e. The fourth-order valence-corrected chi connectivity index (χ4v) is 1.99. The summed E-state index contributed by atoms with van der Waals surface area (Å²) in [6, 6.07) is 0. The normalized spacial score (nSPS) is 18.4. The largest absolute Gasteiger partial charge is 0.480 e. The van der Waals surface area contributed by atoms with Gasteiger partial charge in [0.1, 0.15) is 12.9 Å². The van der Waals surface area contributed by atoms with Gasteiger partial charge in [0.2, 0.25) is 0 Å². The Kier molecular flexibility index (Phi) is 4.11. The summed E-state index contributed by atoms with van der Waals surface area (Å²) >= 11 is 0. The molecule has 2 rings (SSSR count). The molecule has 0 aliphatic carbocycles. The standard InChI is InChI=1S/C11H16N2O4/c14-11(15)8-16-10-1-3-13(4-2-10)6-9-5-12-17-7-9/h5,7,10H,1-4,6,8H2,(H,14,15). The van der Waals surface area contributed by atoms with Gasteiger partial charge in [-0.05, 0) is 12.8 Å². The zero-order valence-corrected chi connectivity index (χ0v) is 9.54. The first-order valence-electron chi connectivity index (χ1n) is 5.68. The number of hydrogen-bond donors (Lipinski definition) is 1. The summed E-state index contributed by atoms with van der Waals surface area (Å²) in [7, 11) is 0. The fraction of sp³-hybridized carbons (Fsp3) is 0.636. The quantitative estimate of drug-likeness (QED) is 0.818. The highest BCUT2D eigenvalue weighted by Gasteiger charge is 2.20. The lowest BCUT2D eigenvalue weighted by molar-refractivity contribution is -0.145. The first-order valence-corrected chi connectivity index (χ1v) is 5.68. The predicted octanol–water partition coefficient (Wildman–Crippen LogP) is 0.740. The molecule has 0 amide bonds. The van der Waals surface area contributed by atoms with Gasteiger partial charge in [0.15, 0.2) is 0 Å². The fourth-order valence-electron chi connectivity index (χ4n) is 1.99. The van der Waals surface area contributed by atoms with Crippen LogP contribution >= 0.6 is 0 Å². The predicted molar refractivity (Wildman–Crippen MR) is 58.4 cm³/mol. The van der Waals surface area contributed by atoms with Crippen molar-refractivity contribution in [1.82, 2.24) is 10.1 Å². The van der Waals surface area contributed by atoms with Crippen molar-refractivity contribution in [3.8, 4) is 0 Å². The van der Waals surface area contributed by atoms with E-state index in [-0.39, 0.29) is 12.7 Å². The van der Waals surface area contributed by atoms with Gasteiger partial charge in [-0.1, -0.05) is 5.16 Å². The Bertz CT molecular complexity index is 344. The van der Waals surface area contributed by atoms with E-state index in [9.17, 15) is 4.79 Å². The van der Waals surface area contributed by atoms with Crippen LogP contribution in [0, 0.1) is 0 Å². The van der Waals surface area contributed by atoms with Gasteiger partial charge in [0.25, 0.3) is 0 Å². The highest BCUT2D eigenvalue weighted by atomic mass is 16.5. The van der Waals surface area contributed by atoms with Crippen LogP contribution in [-0.4, -0.2) is 46.9 Å². The van der Waals surface area contributed by atoms with E-state index in [1.807, 2.05) is 0 Å². The van der Waals surface area contributed by atoms with Crippen molar-refractivity contribution < 1.29 is 19.2 Å². The van der Waals surface area contributed by atoms with Crippen LogP contribution < -0.4 is 0 Å². The molecule has 0 saturated carbocycles. The maximum absolute atomic E-state index is 10.4. The van der Waals surface area contributed by atoms with E-state index in [0.717, 1.165) is 38.0 Å². The van der Waals surface area contributed by atoms with Gasteiger partial charge < -0.3 is 14.4 Å². The van der Waals surface area contributed by atoms with E-state index in [1.165, 1.54) is 0 Å². The second-order valence-electron chi connectivity index (χ2n) is 4.21. The number of ether oxygens (including phenoxy) is 1. The number of aromatic nitrogens is 1. The summed E-state index contributed by atoms with van der Waals surface area (Å²) in [6.45, 7) is 2.45. The molecule has 1 aliphatic heterocycles. The van der Waals surface area contributed by atoms with Gasteiger partial charge in [-0.3, -0.25) is 4.90 Å². The average molecular weight is 240 g/mol. The molecule has 6 nitrogen and oxygen atoms in total. The van der Waals surface area contributed by atoms with Gasteiger partial charge in [0, 0.05) is 25.2 Å². The Morgan fingerprint density at radius 2 is 2.35 bits per heavy atom. The summed E-state index contributed by atoms with van der Waals surface area (Å²) in [5.41, 5.74) is 1.06. The van der Waals surface area contributed by atoms with E-state index < -0.39 is 5.97 Å². The number of carboxylic acids is 1. The number of aliphatic carboxylic acids is 1. The molecule has 2 heterocycles. The summed E-state index contributed by atoms with van der Waals surface area (Å²) in [5, 5.41) is 12.2. The van der Waals surface area contributed by atoms with E-state index >= 15 is 0 Å². The van der Waals surface area contributed by atoms with Crippen LogP contribution in [-0.2, 0) is 16.1 Å². The van der Waals surface area contributed by atoms with Gasteiger partial charge in [0.05, 0.1) is 12.3 Å². The number of rotatable bonds is 5. The number of likely N-dealkylation sites (tertiary alicyclic amines) is 1. The van der Waals surface area contributed by atoms with Crippen LogP contribution in [0.3, 0.4) is 0 Å². The van der Waals surface area contributed by atoms with E-state index in [2.05, 4.69) is 10.1 Å². The highest BCUT2D eigenvalue weighted by Crippen LogP contribution is 2.15. The van der Waals surface area contributed by atoms with Gasteiger partial charge in [-0.25, -0.2) is 4.79 Å². The number of carboxylic acid groups (broad SMARTS) is 1. The monoisotopic (exact) mass is 240 g/mol. The van der Waals surface area contributed by atoms with Crippen molar-refractivity contribution in [2.75, 3.05) is 19.7 Å². The molecule has 1 saturated heterocycles. The van der Waals surface area contributed by atoms with E-state index in [4.69, 9.17) is 14.4 Å². The lowest BCUT2D eigenvalue weighted by atomic mass is 10.1. The van der Waals surface area contributed by atoms with Crippen LogP contribution in [0.25, 0.3) is 0 Å². The first kappa shape index (κ1) is 12.1. The molecule has 1 N–H and O–H groups in total. The molecular formula is C11H16N2O4. The van der Waals surface area contributed by atoms with Crippen LogP contribution in [0.2, 0.25) is 0 Å². The summed E-state index contributed by atoms with van der Waals surface area (Å²) in [6.07, 6.45) is 5.18. The Labute approximate surface area is 99.1 Å². The summed E-state index contributed by atoms with van der Waals surface area (Å²) < 4.78 is 10.0. The Balaban J connectivity index is 1.69. The maximum Gasteiger partial charge on any atom is 0.329 e. The SMILES string of the molecule is O=C(O)COC1CCN(Cc2cnoc2)CC1. The molecule has 6 heteroatoms. The molecule has 1 aromatic heterocycles. The molecule has 94 valence electrons. The number of piperidine rings is 1. The molecule has 1 aromatic rings. The highest BCUT2D eigenvalue weighted by molar-refractivity contribution is 5.68. The second-order valence-corrected chi connectivity index (χ2v) is 4.21. The van der Waals surface area contributed by atoms with E-state index in [1.54, 1.807) is 12.5 Å². The molecule has 1 aliphatic rings. The van der Waals surface area contributed by atoms with Crippen molar-refractivity contribution in [2.24, 2.45) is 0 Å². The van der Waals surface area contributed by atoms with Crippen LogP contribution in [0.5, 0.6) is 0 Å². The third kappa shape index (κ3) is 3.83. The van der Waals surface area contributed by atoms with Crippen molar-refractivity contribution >= 4 is 5.97 Å². The lowest BCUT2D eigenvalue weighted by Crippen LogP contribution is -2.37. The summed E-state index contributed by atoms with van der Waals surface area (Å²) in [4.78, 5) is 12.6. The van der Waals surface area contributed by atoms with Crippen molar-refractivity contribution in [1.29, 1.82) is 0 Å². The smallest absolute Gasteiger partial charge is 0.329 e. The topological polar surface area (TPSA) is 75.8 Å². The zero-order chi connectivity index (χ0) is 12.1.